The highest BCUT2D eigenvalue weighted by molar-refractivity contribution is 9.10. The first-order valence-electron chi connectivity index (χ1n) is 7.82. The molecule has 0 bridgehead atoms. The van der Waals surface area contributed by atoms with Gasteiger partial charge in [0.1, 0.15) is 5.82 Å². The Morgan fingerprint density at radius 3 is 2.87 bits per heavy atom. The maximum atomic E-state index is 12.3. The fraction of sp³-hybridized carbons (Fsp3) is 0.438. The number of nitrogens with one attached hydrogen (secondary N) is 2. The molecule has 0 aliphatic heterocycles. The predicted octanol–water partition coefficient (Wildman–Crippen LogP) is 2.23. The van der Waals surface area contributed by atoms with Crippen molar-refractivity contribution in [3.05, 3.63) is 34.6 Å². The molecule has 2 atom stereocenters. The van der Waals surface area contributed by atoms with Crippen LogP contribution in [0.4, 0.5) is 0 Å². The smallest absolute Gasteiger partial charge is 0.223 e. The Morgan fingerprint density at radius 2 is 2.13 bits per heavy atom. The lowest BCUT2D eigenvalue weighted by Gasteiger charge is -2.16. The topological polar surface area (TPSA) is 96.7 Å². The van der Waals surface area contributed by atoms with Crippen molar-refractivity contribution in [2.75, 3.05) is 6.54 Å². The van der Waals surface area contributed by atoms with E-state index in [2.05, 4.69) is 36.4 Å². The van der Waals surface area contributed by atoms with Gasteiger partial charge in [0.25, 0.3) is 0 Å². The quantitative estimate of drug-likeness (QED) is 0.743. The second kappa shape index (κ2) is 7.23. The molecule has 4 N–H and O–H groups in total. The van der Waals surface area contributed by atoms with Crippen molar-refractivity contribution in [3.63, 3.8) is 0 Å². The lowest BCUT2D eigenvalue weighted by molar-refractivity contribution is -0.126. The zero-order valence-corrected chi connectivity index (χ0v) is 14.3. The van der Waals surface area contributed by atoms with E-state index in [1.807, 2.05) is 24.3 Å². The highest BCUT2D eigenvalue weighted by atomic mass is 79.9. The van der Waals surface area contributed by atoms with Gasteiger partial charge in [-0.25, -0.2) is 4.98 Å². The summed E-state index contributed by atoms with van der Waals surface area (Å²) in [7, 11) is 0. The van der Waals surface area contributed by atoms with Gasteiger partial charge in [-0.1, -0.05) is 34.5 Å². The molecule has 1 fully saturated rings. The molecule has 0 radical (unpaired) electrons. The first-order valence-corrected chi connectivity index (χ1v) is 8.61. The number of amides is 1. The SMILES string of the molecule is NC[C@H]1CCC[C@H]1C(=O)NCc1nc(-c2ccc(Br)cc2)n[nH]1. The standard InChI is InChI=1S/C16H20BrN5O/c17-12-6-4-10(5-7-12)15-20-14(21-22-15)9-19-16(23)13-3-1-2-11(13)8-18/h4-7,11,13H,1-3,8-9,18H2,(H,19,23)(H,20,21,22)/t11-,13-/m1/s1. The summed E-state index contributed by atoms with van der Waals surface area (Å²) >= 11 is 3.40. The third-order valence-electron chi connectivity index (χ3n) is 4.36. The Balaban J connectivity index is 1.59. The van der Waals surface area contributed by atoms with Gasteiger partial charge in [0, 0.05) is 16.0 Å². The molecule has 122 valence electrons. The maximum absolute atomic E-state index is 12.3. The number of benzene rings is 1. The number of aromatic nitrogens is 3. The van der Waals surface area contributed by atoms with Crippen LogP contribution >= 0.6 is 15.9 Å². The molecular formula is C16H20BrN5O. The van der Waals surface area contributed by atoms with E-state index in [4.69, 9.17) is 5.73 Å². The van der Waals surface area contributed by atoms with Crippen LogP contribution in [0.1, 0.15) is 25.1 Å². The predicted molar refractivity (Wildman–Crippen MR) is 91.3 cm³/mol. The van der Waals surface area contributed by atoms with Crippen LogP contribution in [0.5, 0.6) is 0 Å². The number of nitrogens with two attached hydrogens (primary N) is 1. The van der Waals surface area contributed by atoms with Crippen molar-refractivity contribution in [3.8, 4) is 11.4 Å². The fourth-order valence-electron chi connectivity index (χ4n) is 3.07. The largest absolute Gasteiger partial charge is 0.349 e. The van der Waals surface area contributed by atoms with E-state index in [9.17, 15) is 4.79 Å². The van der Waals surface area contributed by atoms with Crippen LogP contribution in [-0.2, 0) is 11.3 Å². The Hall–Kier alpha value is -1.73. The molecule has 1 aliphatic rings. The second-order valence-corrected chi connectivity index (χ2v) is 6.78. The summed E-state index contributed by atoms with van der Waals surface area (Å²) in [6.07, 6.45) is 3.05. The van der Waals surface area contributed by atoms with E-state index in [1.165, 1.54) is 0 Å². The summed E-state index contributed by atoms with van der Waals surface area (Å²) in [5, 5.41) is 10.0. The minimum Gasteiger partial charge on any atom is -0.349 e. The summed E-state index contributed by atoms with van der Waals surface area (Å²) in [4.78, 5) is 16.7. The van der Waals surface area contributed by atoms with E-state index in [1.54, 1.807) is 0 Å². The number of rotatable bonds is 5. The second-order valence-electron chi connectivity index (χ2n) is 5.86. The van der Waals surface area contributed by atoms with E-state index < -0.39 is 0 Å². The van der Waals surface area contributed by atoms with Crippen LogP contribution in [-0.4, -0.2) is 27.6 Å². The van der Waals surface area contributed by atoms with Crippen molar-refractivity contribution in [1.82, 2.24) is 20.5 Å². The molecule has 0 unspecified atom stereocenters. The molecule has 6 nitrogen and oxygen atoms in total. The molecule has 2 aromatic rings. The minimum absolute atomic E-state index is 0.0360. The summed E-state index contributed by atoms with van der Waals surface area (Å²) < 4.78 is 1.01. The Morgan fingerprint density at radius 1 is 1.35 bits per heavy atom. The molecule has 1 heterocycles. The van der Waals surface area contributed by atoms with Crippen molar-refractivity contribution in [2.45, 2.75) is 25.8 Å². The monoisotopic (exact) mass is 377 g/mol. The van der Waals surface area contributed by atoms with Crippen LogP contribution in [0.3, 0.4) is 0 Å². The van der Waals surface area contributed by atoms with E-state index in [0.29, 0.717) is 30.7 Å². The van der Waals surface area contributed by atoms with Crippen molar-refractivity contribution in [2.24, 2.45) is 17.6 Å². The van der Waals surface area contributed by atoms with Crippen LogP contribution in [0, 0.1) is 11.8 Å². The maximum Gasteiger partial charge on any atom is 0.223 e. The lowest BCUT2D eigenvalue weighted by atomic mass is 9.95. The van der Waals surface area contributed by atoms with Gasteiger partial charge in [-0.2, -0.15) is 5.10 Å². The molecule has 3 rings (SSSR count). The van der Waals surface area contributed by atoms with Gasteiger partial charge in [0.05, 0.1) is 6.54 Å². The summed E-state index contributed by atoms with van der Waals surface area (Å²) in [6.45, 7) is 0.935. The highest BCUT2D eigenvalue weighted by Gasteiger charge is 2.31. The van der Waals surface area contributed by atoms with Gasteiger partial charge in [-0.3, -0.25) is 9.89 Å². The summed E-state index contributed by atoms with van der Waals surface area (Å²) in [6, 6.07) is 7.78. The zero-order valence-electron chi connectivity index (χ0n) is 12.8. The molecule has 1 amide bonds. The van der Waals surface area contributed by atoms with Crippen LogP contribution in [0.2, 0.25) is 0 Å². The van der Waals surface area contributed by atoms with Crippen LogP contribution in [0.15, 0.2) is 28.7 Å². The van der Waals surface area contributed by atoms with E-state index in [-0.39, 0.29) is 11.8 Å². The Kier molecular flexibility index (Phi) is 5.07. The molecule has 1 saturated carbocycles. The third kappa shape index (κ3) is 3.79. The van der Waals surface area contributed by atoms with Gasteiger partial charge in [-0.15, -0.1) is 0 Å². The number of H-pyrrole nitrogens is 1. The molecule has 7 heteroatoms. The molecule has 0 saturated heterocycles. The molecule has 23 heavy (non-hydrogen) atoms. The minimum atomic E-state index is 0.0360. The van der Waals surface area contributed by atoms with Gasteiger partial charge >= 0.3 is 0 Å². The van der Waals surface area contributed by atoms with Gasteiger partial charge in [0.2, 0.25) is 5.91 Å². The summed E-state index contributed by atoms with van der Waals surface area (Å²) in [5.41, 5.74) is 6.67. The number of hydrogen-bond donors (Lipinski definition) is 3. The van der Waals surface area contributed by atoms with Crippen molar-refractivity contribution in [1.29, 1.82) is 0 Å². The average Bonchev–Trinajstić information content (AvgIpc) is 3.22. The van der Waals surface area contributed by atoms with Gasteiger partial charge < -0.3 is 11.1 Å². The molecule has 1 aromatic carbocycles. The van der Waals surface area contributed by atoms with Crippen LogP contribution in [0.25, 0.3) is 11.4 Å². The van der Waals surface area contributed by atoms with Gasteiger partial charge in [0.15, 0.2) is 5.82 Å². The zero-order chi connectivity index (χ0) is 16.2. The number of carbonyl (C=O) groups is 1. The van der Waals surface area contributed by atoms with Crippen molar-refractivity contribution < 1.29 is 4.79 Å². The first kappa shape index (κ1) is 16.1. The molecule has 1 aliphatic carbocycles. The average molecular weight is 378 g/mol. The van der Waals surface area contributed by atoms with Crippen molar-refractivity contribution >= 4 is 21.8 Å². The first-order chi connectivity index (χ1) is 11.2. The highest BCUT2D eigenvalue weighted by Crippen LogP contribution is 2.31. The number of halogens is 1. The normalized spacial score (nSPS) is 20.6. The number of nitrogens with zero attached hydrogens (tertiary/aromatic N) is 2. The number of hydrogen-bond acceptors (Lipinski definition) is 4. The molecule has 0 spiro atoms. The fourth-order valence-corrected chi connectivity index (χ4v) is 3.33. The number of aromatic amines is 1. The molecular weight excluding hydrogens is 358 g/mol. The van der Waals surface area contributed by atoms with E-state index >= 15 is 0 Å². The number of carbonyl (C=O) groups excluding carboxylic acids is 1. The summed E-state index contributed by atoms with van der Waals surface area (Å²) in [5.74, 6) is 1.69. The lowest BCUT2D eigenvalue weighted by Crippen LogP contribution is -2.34. The van der Waals surface area contributed by atoms with Gasteiger partial charge in [-0.05, 0) is 37.4 Å². The molecule has 1 aromatic heterocycles. The third-order valence-corrected chi connectivity index (χ3v) is 4.89. The Bertz CT molecular complexity index is 669. The van der Waals surface area contributed by atoms with E-state index in [0.717, 1.165) is 29.3 Å². The Labute approximate surface area is 143 Å². The van der Waals surface area contributed by atoms with Crippen LogP contribution < -0.4 is 11.1 Å².